The van der Waals surface area contributed by atoms with Crippen molar-refractivity contribution in [2.45, 2.75) is 0 Å². The third-order valence-corrected chi connectivity index (χ3v) is 1.95. The van der Waals surface area contributed by atoms with Gasteiger partial charge in [0.15, 0.2) is 0 Å². The Morgan fingerprint density at radius 1 is 0.667 bits per heavy atom. The SMILES string of the molecule is BrNc1nc(NBr)nc(NBr)n1. The molecule has 66 valence electrons. The van der Waals surface area contributed by atoms with Gasteiger partial charge in [0.1, 0.15) is 0 Å². The van der Waals surface area contributed by atoms with E-state index in [-0.39, 0.29) is 0 Å². The van der Waals surface area contributed by atoms with Crippen molar-refractivity contribution >= 4 is 66.3 Å². The molecule has 0 saturated carbocycles. The number of rotatable bonds is 3. The van der Waals surface area contributed by atoms with Crippen LogP contribution in [0.4, 0.5) is 17.8 Å². The van der Waals surface area contributed by atoms with Gasteiger partial charge in [-0.3, -0.25) is 13.0 Å². The van der Waals surface area contributed by atoms with Gasteiger partial charge in [-0.15, -0.1) is 0 Å². The molecule has 1 aromatic rings. The van der Waals surface area contributed by atoms with Crippen molar-refractivity contribution in [2.24, 2.45) is 0 Å². The number of aromatic nitrogens is 3. The zero-order valence-electron chi connectivity index (χ0n) is 5.48. The van der Waals surface area contributed by atoms with Gasteiger partial charge in [0.05, 0.1) is 0 Å². The Balaban J connectivity index is 3.01. The van der Waals surface area contributed by atoms with E-state index < -0.39 is 0 Å². The number of halogens is 3. The number of hydrogen-bond acceptors (Lipinski definition) is 6. The maximum absolute atomic E-state index is 3.92. The van der Waals surface area contributed by atoms with E-state index in [9.17, 15) is 0 Å². The summed E-state index contributed by atoms with van der Waals surface area (Å²) in [6.07, 6.45) is 0. The largest absolute Gasteiger partial charge is 0.291 e. The lowest BCUT2D eigenvalue weighted by atomic mass is 10.8. The molecule has 0 bridgehead atoms. The summed E-state index contributed by atoms with van der Waals surface area (Å²) in [5, 5.41) is 0. The van der Waals surface area contributed by atoms with E-state index in [1.54, 1.807) is 0 Å². The van der Waals surface area contributed by atoms with Crippen molar-refractivity contribution in [3.05, 3.63) is 0 Å². The monoisotopic (exact) mass is 360 g/mol. The minimum Gasteiger partial charge on any atom is -0.291 e. The van der Waals surface area contributed by atoms with Crippen LogP contribution in [0.1, 0.15) is 0 Å². The van der Waals surface area contributed by atoms with Gasteiger partial charge in [0, 0.05) is 48.4 Å². The van der Waals surface area contributed by atoms with Gasteiger partial charge in [-0.25, -0.2) is 0 Å². The quantitative estimate of drug-likeness (QED) is 0.714. The molecule has 0 fully saturated rings. The number of nitrogens with one attached hydrogen (secondary N) is 3. The van der Waals surface area contributed by atoms with Crippen LogP contribution in [0.2, 0.25) is 0 Å². The molecule has 0 aromatic carbocycles. The molecule has 3 N–H and O–H groups in total. The van der Waals surface area contributed by atoms with Crippen LogP contribution >= 0.6 is 48.4 Å². The van der Waals surface area contributed by atoms with Crippen LogP contribution < -0.4 is 13.0 Å². The first-order chi connectivity index (χ1) is 5.80. The molecule has 0 aliphatic carbocycles. The molecule has 0 saturated heterocycles. The van der Waals surface area contributed by atoms with Gasteiger partial charge in [0.2, 0.25) is 17.8 Å². The zero-order valence-corrected chi connectivity index (χ0v) is 10.2. The standard InChI is InChI=1S/C3H3Br3N6/c4-10-1-7-2(11-5)9-3(8-1)12-6/h(H3,7,8,9,10,11,12). The van der Waals surface area contributed by atoms with Crippen LogP contribution in [0.5, 0.6) is 0 Å². The highest BCUT2D eigenvalue weighted by Gasteiger charge is 2.02. The second-order valence-corrected chi connectivity index (χ2v) is 2.78. The van der Waals surface area contributed by atoms with Crippen molar-refractivity contribution in [3.63, 3.8) is 0 Å². The average Bonchev–Trinajstić information content (AvgIpc) is 2.16. The molecular weight excluding hydrogens is 360 g/mol. The van der Waals surface area contributed by atoms with Crippen LogP contribution in [0, 0.1) is 0 Å². The second-order valence-electron chi connectivity index (χ2n) is 1.59. The average molecular weight is 363 g/mol. The highest BCUT2D eigenvalue weighted by Crippen LogP contribution is 2.11. The molecule has 1 aromatic heterocycles. The summed E-state index contributed by atoms with van der Waals surface area (Å²) in [7, 11) is 0. The lowest BCUT2D eigenvalue weighted by Gasteiger charge is -2.01. The van der Waals surface area contributed by atoms with Crippen LogP contribution in [-0.2, 0) is 0 Å². The lowest BCUT2D eigenvalue weighted by molar-refractivity contribution is 1.10. The highest BCUT2D eigenvalue weighted by atomic mass is 79.9. The van der Waals surface area contributed by atoms with Crippen molar-refractivity contribution in [3.8, 4) is 0 Å². The molecule has 6 nitrogen and oxygen atoms in total. The van der Waals surface area contributed by atoms with E-state index in [2.05, 4.69) is 76.4 Å². The Kier molecular flexibility index (Phi) is 3.95. The van der Waals surface area contributed by atoms with Gasteiger partial charge < -0.3 is 0 Å². The summed E-state index contributed by atoms with van der Waals surface area (Å²) in [5.74, 6) is 1.19. The smallest absolute Gasteiger partial charge is 0.239 e. The van der Waals surface area contributed by atoms with Crippen LogP contribution in [0.25, 0.3) is 0 Å². The van der Waals surface area contributed by atoms with Gasteiger partial charge in [-0.2, -0.15) is 15.0 Å². The molecule has 12 heavy (non-hydrogen) atoms. The van der Waals surface area contributed by atoms with Crippen LogP contribution in [-0.4, -0.2) is 15.0 Å². The molecule has 0 amide bonds. The van der Waals surface area contributed by atoms with E-state index >= 15 is 0 Å². The van der Waals surface area contributed by atoms with E-state index in [1.165, 1.54) is 0 Å². The van der Waals surface area contributed by atoms with E-state index in [0.29, 0.717) is 17.8 Å². The second kappa shape index (κ2) is 4.77. The lowest BCUT2D eigenvalue weighted by Crippen LogP contribution is -2.00. The highest BCUT2D eigenvalue weighted by molar-refractivity contribution is 9.10. The van der Waals surface area contributed by atoms with Crippen molar-refractivity contribution in [1.29, 1.82) is 0 Å². The van der Waals surface area contributed by atoms with E-state index in [1.807, 2.05) is 0 Å². The summed E-state index contributed by atoms with van der Waals surface area (Å²) in [5.41, 5.74) is 0. The zero-order chi connectivity index (χ0) is 8.97. The van der Waals surface area contributed by atoms with Gasteiger partial charge in [-0.05, 0) is 0 Å². The van der Waals surface area contributed by atoms with Gasteiger partial charge >= 0.3 is 0 Å². The molecule has 0 radical (unpaired) electrons. The Morgan fingerprint density at radius 3 is 1.08 bits per heavy atom. The summed E-state index contributed by atoms with van der Waals surface area (Å²) >= 11 is 8.99. The molecule has 0 aliphatic heterocycles. The molecular formula is C3H3Br3N6. The topological polar surface area (TPSA) is 74.8 Å². The predicted octanol–water partition coefficient (Wildman–Crippen LogP) is 2.04. The Hall–Kier alpha value is -0.150. The maximum Gasteiger partial charge on any atom is 0.239 e. The molecule has 0 aliphatic rings. The fourth-order valence-corrected chi connectivity index (χ4v) is 1.03. The van der Waals surface area contributed by atoms with Gasteiger partial charge in [0.25, 0.3) is 0 Å². The first-order valence-electron chi connectivity index (χ1n) is 2.66. The van der Waals surface area contributed by atoms with Gasteiger partial charge in [-0.1, -0.05) is 0 Å². The fourth-order valence-electron chi connectivity index (χ4n) is 0.503. The maximum atomic E-state index is 3.92. The van der Waals surface area contributed by atoms with E-state index in [0.717, 1.165) is 0 Å². The number of hydrogen-bond donors (Lipinski definition) is 3. The first-order valence-corrected chi connectivity index (χ1v) is 5.04. The Morgan fingerprint density at radius 2 is 0.917 bits per heavy atom. The summed E-state index contributed by atoms with van der Waals surface area (Å²) in [4.78, 5) is 11.8. The molecule has 1 rings (SSSR count). The van der Waals surface area contributed by atoms with Crippen LogP contribution in [0.3, 0.4) is 0 Å². The number of anilines is 3. The fraction of sp³-hybridized carbons (Fsp3) is 0. The number of nitrogens with zero attached hydrogens (tertiary/aromatic N) is 3. The summed E-state index contributed by atoms with van der Waals surface area (Å²) in [6.45, 7) is 0. The Labute approximate surface area is 94.0 Å². The Bertz CT molecular complexity index is 211. The van der Waals surface area contributed by atoms with Crippen LogP contribution in [0.15, 0.2) is 0 Å². The molecule has 1 heterocycles. The first kappa shape index (κ1) is 9.93. The molecule has 0 atom stereocenters. The van der Waals surface area contributed by atoms with E-state index in [4.69, 9.17) is 0 Å². The molecule has 9 heteroatoms. The predicted molar refractivity (Wildman–Crippen MR) is 57.5 cm³/mol. The molecule has 0 spiro atoms. The van der Waals surface area contributed by atoms with Crippen molar-refractivity contribution < 1.29 is 0 Å². The normalized spacial score (nSPS) is 9.25. The minimum absolute atomic E-state index is 0.397. The summed E-state index contributed by atoms with van der Waals surface area (Å²) < 4.78 is 7.82. The molecule has 0 unspecified atom stereocenters. The summed E-state index contributed by atoms with van der Waals surface area (Å²) in [6, 6.07) is 0. The minimum atomic E-state index is 0.397. The third kappa shape index (κ3) is 2.42. The third-order valence-electron chi connectivity index (χ3n) is 0.889. The van der Waals surface area contributed by atoms with Crippen molar-refractivity contribution in [1.82, 2.24) is 15.0 Å². The van der Waals surface area contributed by atoms with Crippen molar-refractivity contribution in [2.75, 3.05) is 13.0 Å².